The minimum absolute atomic E-state index is 0.0694. The number of hydrogen-bond acceptors (Lipinski definition) is 2. The molecule has 1 N–H and O–H groups in total. The number of phenolic OH excluding ortho intramolecular Hbond substituents is 1. The van der Waals surface area contributed by atoms with Crippen molar-refractivity contribution < 1.29 is 9.90 Å². The number of carbonyl (C=O) groups is 1. The van der Waals surface area contributed by atoms with Crippen molar-refractivity contribution >= 4 is 5.91 Å². The zero-order chi connectivity index (χ0) is 10.8. The number of carbonyl (C=O) groups excluding carboxylic acids is 1. The highest BCUT2D eigenvalue weighted by molar-refractivity contribution is 5.94. The van der Waals surface area contributed by atoms with Crippen LogP contribution in [0.2, 0.25) is 0 Å². The topological polar surface area (TPSA) is 40.5 Å². The molecule has 1 aliphatic heterocycles. The number of likely N-dealkylation sites (tertiary alicyclic amines) is 1. The Morgan fingerprint density at radius 3 is 2.60 bits per heavy atom. The minimum atomic E-state index is 0.0694. The summed E-state index contributed by atoms with van der Waals surface area (Å²) in [6, 6.07) is 6.78. The van der Waals surface area contributed by atoms with Gasteiger partial charge < -0.3 is 10.0 Å². The fourth-order valence-corrected chi connectivity index (χ4v) is 2.00. The van der Waals surface area contributed by atoms with Crippen LogP contribution in [0.1, 0.15) is 30.1 Å². The van der Waals surface area contributed by atoms with E-state index in [2.05, 4.69) is 6.92 Å². The Bertz CT molecular complexity index is 358. The Balaban J connectivity index is 2.17. The Morgan fingerprint density at radius 2 is 2.07 bits per heavy atom. The van der Waals surface area contributed by atoms with Gasteiger partial charge in [-0.15, -0.1) is 0 Å². The fraction of sp³-hybridized carbons (Fsp3) is 0.417. The van der Waals surface area contributed by atoms with Crippen LogP contribution in [0.5, 0.6) is 5.75 Å². The lowest BCUT2D eigenvalue weighted by molar-refractivity contribution is 0.0747. The van der Waals surface area contributed by atoms with Crippen LogP contribution in [-0.4, -0.2) is 28.5 Å². The summed E-state index contributed by atoms with van der Waals surface area (Å²) in [5.41, 5.74) is 0.654. The normalized spacial score (nSPS) is 20.6. The maximum absolute atomic E-state index is 12.0. The molecule has 1 atom stereocenters. The van der Waals surface area contributed by atoms with Crippen LogP contribution >= 0.6 is 0 Å². The highest BCUT2D eigenvalue weighted by Crippen LogP contribution is 2.20. The molecule has 1 fully saturated rings. The second kappa shape index (κ2) is 3.93. The highest BCUT2D eigenvalue weighted by Gasteiger charge is 2.25. The lowest BCUT2D eigenvalue weighted by atomic mass is 10.2. The van der Waals surface area contributed by atoms with Crippen molar-refractivity contribution in [2.75, 3.05) is 6.54 Å². The third-order valence-corrected chi connectivity index (χ3v) is 2.93. The van der Waals surface area contributed by atoms with E-state index >= 15 is 0 Å². The summed E-state index contributed by atoms with van der Waals surface area (Å²) in [6.07, 6.45) is 2.18. The summed E-state index contributed by atoms with van der Waals surface area (Å²) in [5.74, 6) is 0.265. The number of benzene rings is 1. The van der Waals surface area contributed by atoms with Crippen molar-refractivity contribution in [3.8, 4) is 5.75 Å². The largest absolute Gasteiger partial charge is 0.508 e. The lowest BCUT2D eigenvalue weighted by Crippen LogP contribution is -2.33. The molecule has 80 valence electrons. The van der Waals surface area contributed by atoms with E-state index < -0.39 is 0 Å². The number of aromatic hydroxyl groups is 1. The van der Waals surface area contributed by atoms with Crippen molar-refractivity contribution in [2.45, 2.75) is 25.8 Å². The minimum Gasteiger partial charge on any atom is -0.508 e. The lowest BCUT2D eigenvalue weighted by Gasteiger charge is -2.21. The fourth-order valence-electron chi connectivity index (χ4n) is 2.00. The molecule has 0 radical (unpaired) electrons. The molecule has 0 saturated carbocycles. The van der Waals surface area contributed by atoms with E-state index in [0.29, 0.717) is 11.6 Å². The van der Waals surface area contributed by atoms with E-state index in [-0.39, 0.29) is 11.7 Å². The van der Waals surface area contributed by atoms with Gasteiger partial charge in [-0.1, -0.05) is 0 Å². The first-order valence-electron chi connectivity index (χ1n) is 5.28. The molecule has 0 bridgehead atoms. The van der Waals surface area contributed by atoms with Crippen molar-refractivity contribution in [3.63, 3.8) is 0 Å². The molecule has 1 unspecified atom stereocenters. The standard InChI is InChI=1S/C12H15NO2/c1-9-3-2-8-13(9)12(15)10-4-6-11(14)7-5-10/h4-7,9,14H,2-3,8H2,1H3. The van der Waals surface area contributed by atoms with Crippen LogP contribution in [0, 0.1) is 0 Å². The van der Waals surface area contributed by atoms with Gasteiger partial charge in [-0.25, -0.2) is 0 Å². The molecule has 3 nitrogen and oxygen atoms in total. The van der Waals surface area contributed by atoms with Gasteiger partial charge in [0.2, 0.25) is 0 Å². The third kappa shape index (κ3) is 1.96. The van der Waals surface area contributed by atoms with Crippen LogP contribution in [0.4, 0.5) is 0 Å². The summed E-state index contributed by atoms with van der Waals surface area (Å²) in [7, 11) is 0. The second-order valence-electron chi connectivity index (χ2n) is 4.04. The van der Waals surface area contributed by atoms with Crippen molar-refractivity contribution in [3.05, 3.63) is 29.8 Å². The summed E-state index contributed by atoms with van der Waals surface area (Å²) in [4.78, 5) is 13.9. The van der Waals surface area contributed by atoms with Crippen molar-refractivity contribution in [1.29, 1.82) is 0 Å². The molecular formula is C12H15NO2. The monoisotopic (exact) mass is 205 g/mol. The predicted molar refractivity (Wildman–Crippen MR) is 57.8 cm³/mol. The number of amides is 1. The molecule has 0 aliphatic carbocycles. The Kier molecular flexibility index (Phi) is 2.62. The zero-order valence-electron chi connectivity index (χ0n) is 8.81. The quantitative estimate of drug-likeness (QED) is 0.762. The summed E-state index contributed by atoms with van der Waals surface area (Å²) < 4.78 is 0. The highest BCUT2D eigenvalue weighted by atomic mass is 16.3. The average Bonchev–Trinajstić information content (AvgIpc) is 2.65. The number of rotatable bonds is 1. The Hall–Kier alpha value is -1.51. The van der Waals surface area contributed by atoms with Gasteiger partial charge in [-0.2, -0.15) is 0 Å². The number of phenols is 1. The third-order valence-electron chi connectivity index (χ3n) is 2.93. The van der Waals surface area contributed by atoms with Gasteiger partial charge in [0.15, 0.2) is 0 Å². The Labute approximate surface area is 89.3 Å². The summed E-state index contributed by atoms with van der Waals surface area (Å²) in [5, 5.41) is 9.13. The molecule has 0 aromatic heterocycles. The van der Waals surface area contributed by atoms with E-state index in [1.807, 2.05) is 4.90 Å². The van der Waals surface area contributed by atoms with E-state index in [9.17, 15) is 4.79 Å². The maximum Gasteiger partial charge on any atom is 0.254 e. The van der Waals surface area contributed by atoms with E-state index in [1.54, 1.807) is 24.3 Å². The van der Waals surface area contributed by atoms with Crippen LogP contribution in [0.15, 0.2) is 24.3 Å². The number of hydrogen-bond donors (Lipinski definition) is 1. The van der Waals surface area contributed by atoms with Crippen LogP contribution in [0.25, 0.3) is 0 Å². The molecule has 1 amide bonds. The molecule has 1 aliphatic rings. The molecule has 0 spiro atoms. The predicted octanol–water partition coefficient (Wildman–Crippen LogP) is 2.02. The SMILES string of the molecule is CC1CCCN1C(=O)c1ccc(O)cc1. The second-order valence-corrected chi connectivity index (χ2v) is 4.04. The summed E-state index contributed by atoms with van der Waals surface area (Å²) in [6.45, 7) is 2.92. The smallest absolute Gasteiger partial charge is 0.254 e. The van der Waals surface area contributed by atoms with Crippen LogP contribution in [-0.2, 0) is 0 Å². The molecule has 3 heteroatoms. The van der Waals surface area contributed by atoms with E-state index in [0.717, 1.165) is 19.4 Å². The van der Waals surface area contributed by atoms with Crippen molar-refractivity contribution in [2.24, 2.45) is 0 Å². The average molecular weight is 205 g/mol. The molecule has 1 aromatic rings. The van der Waals surface area contributed by atoms with Gasteiger partial charge in [-0.05, 0) is 44.0 Å². The van der Waals surface area contributed by atoms with Crippen molar-refractivity contribution in [1.82, 2.24) is 4.90 Å². The van der Waals surface area contributed by atoms with Crippen LogP contribution in [0.3, 0.4) is 0 Å². The molecule has 2 rings (SSSR count). The molecule has 1 saturated heterocycles. The maximum atomic E-state index is 12.0. The van der Waals surface area contributed by atoms with Gasteiger partial charge in [0.25, 0.3) is 5.91 Å². The van der Waals surface area contributed by atoms with Crippen LogP contribution < -0.4 is 0 Å². The molecule has 1 heterocycles. The van der Waals surface area contributed by atoms with E-state index in [1.165, 1.54) is 0 Å². The first kappa shape index (κ1) is 10.0. The molecule has 15 heavy (non-hydrogen) atoms. The van der Waals surface area contributed by atoms with Gasteiger partial charge in [-0.3, -0.25) is 4.79 Å². The van der Waals surface area contributed by atoms with Gasteiger partial charge in [0.05, 0.1) is 0 Å². The number of nitrogens with zero attached hydrogens (tertiary/aromatic N) is 1. The first-order chi connectivity index (χ1) is 7.18. The van der Waals surface area contributed by atoms with Gasteiger partial charge in [0, 0.05) is 18.2 Å². The van der Waals surface area contributed by atoms with Gasteiger partial charge >= 0.3 is 0 Å². The van der Waals surface area contributed by atoms with E-state index in [4.69, 9.17) is 5.11 Å². The first-order valence-corrected chi connectivity index (χ1v) is 5.28. The molecular weight excluding hydrogens is 190 g/mol. The molecule has 1 aromatic carbocycles. The summed E-state index contributed by atoms with van der Waals surface area (Å²) >= 11 is 0. The zero-order valence-corrected chi connectivity index (χ0v) is 8.81. The van der Waals surface area contributed by atoms with Gasteiger partial charge in [0.1, 0.15) is 5.75 Å². The Morgan fingerprint density at radius 1 is 1.40 bits per heavy atom.